The lowest BCUT2D eigenvalue weighted by Crippen LogP contribution is -2.53. The number of aldehydes is 1. The highest BCUT2D eigenvalue weighted by Crippen LogP contribution is 2.24. The van der Waals surface area contributed by atoms with Gasteiger partial charge in [-0.3, -0.25) is 29.4 Å². The maximum Gasteiger partial charge on any atom is 0.261 e. The van der Waals surface area contributed by atoms with Gasteiger partial charge in [-0.05, 0) is 38.3 Å². The van der Waals surface area contributed by atoms with Gasteiger partial charge in [0.25, 0.3) is 5.91 Å². The summed E-state index contributed by atoms with van der Waals surface area (Å²) in [5.74, 6) is -1.20. The third-order valence-corrected chi connectivity index (χ3v) is 4.38. The highest BCUT2D eigenvalue weighted by molar-refractivity contribution is 6.07. The zero-order chi connectivity index (χ0) is 19.8. The van der Waals surface area contributed by atoms with Crippen LogP contribution in [0.1, 0.15) is 48.0 Å². The highest BCUT2D eigenvalue weighted by atomic mass is 16.5. The quantitative estimate of drug-likeness (QED) is 0.394. The molecule has 1 saturated heterocycles. The number of ether oxygens (including phenoxy) is 1. The van der Waals surface area contributed by atoms with E-state index in [2.05, 4.69) is 5.32 Å². The molecule has 0 saturated carbocycles. The minimum absolute atomic E-state index is 0.0664. The number of nitrogens with one attached hydrogen (secondary N) is 1. The lowest BCUT2D eigenvalue weighted by Gasteiger charge is -2.28. The molecule has 1 fully saturated rings. The second-order valence-corrected chi connectivity index (χ2v) is 6.22. The summed E-state index contributed by atoms with van der Waals surface area (Å²) < 4.78 is 5.67. The van der Waals surface area contributed by atoms with Gasteiger partial charge in [0.1, 0.15) is 18.1 Å². The molecule has 1 aromatic rings. The van der Waals surface area contributed by atoms with E-state index in [0.717, 1.165) is 17.6 Å². The van der Waals surface area contributed by atoms with Gasteiger partial charge in [-0.2, -0.15) is 0 Å². The molecule has 0 aromatic heterocycles. The van der Waals surface area contributed by atoms with Crippen LogP contribution in [-0.4, -0.2) is 48.0 Å². The van der Waals surface area contributed by atoms with Crippen LogP contribution in [0, 0.1) is 6.92 Å². The van der Waals surface area contributed by atoms with E-state index < -0.39 is 23.8 Å². The lowest BCUT2D eigenvalue weighted by molar-refractivity contribution is -0.139. The molecule has 27 heavy (non-hydrogen) atoms. The van der Waals surface area contributed by atoms with Gasteiger partial charge in [0.15, 0.2) is 0 Å². The van der Waals surface area contributed by atoms with Crippen molar-refractivity contribution in [3.8, 4) is 5.75 Å². The molecule has 0 aliphatic carbocycles. The van der Waals surface area contributed by atoms with Crippen molar-refractivity contribution in [2.24, 2.45) is 0 Å². The van der Waals surface area contributed by atoms with Crippen molar-refractivity contribution in [1.29, 1.82) is 0 Å². The Morgan fingerprint density at radius 2 is 2.07 bits per heavy atom. The van der Waals surface area contributed by atoms with Gasteiger partial charge < -0.3 is 9.53 Å². The predicted octanol–water partition coefficient (Wildman–Crippen LogP) is 1.15. The smallest absolute Gasteiger partial charge is 0.261 e. The number of benzene rings is 1. The van der Waals surface area contributed by atoms with Crippen LogP contribution >= 0.6 is 0 Å². The van der Waals surface area contributed by atoms with Gasteiger partial charge in [-0.1, -0.05) is 6.07 Å². The van der Waals surface area contributed by atoms with Crippen LogP contribution in [0.25, 0.3) is 0 Å². The van der Waals surface area contributed by atoms with E-state index in [1.807, 2.05) is 0 Å². The van der Waals surface area contributed by atoms with Crippen LogP contribution in [0.5, 0.6) is 5.75 Å². The van der Waals surface area contributed by atoms with E-state index in [1.54, 1.807) is 25.1 Å². The fourth-order valence-electron chi connectivity index (χ4n) is 2.86. The molecule has 1 aliphatic rings. The van der Waals surface area contributed by atoms with Gasteiger partial charge in [-0.25, -0.2) is 0 Å². The summed E-state index contributed by atoms with van der Waals surface area (Å²) in [5.41, 5.74) is 0.800. The van der Waals surface area contributed by atoms with E-state index in [-0.39, 0.29) is 18.4 Å². The fraction of sp³-hybridized carbons (Fsp3) is 0.421. The second kappa shape index (κ2) is 9.61. The van der Waals surface area contributed by atoms with Crippen LogP contribution < -0.4 is 10.1 Å². The molecular formula is C19H22N2O6. The summed E-state index contributed by atoms with van der Waals surface area (Å²) in [6.07, 6.45) is 3.23. The molecular weight excluding hydrogens is 352 g/mol. The normalized spacial score (nSPS) is 16.4. The van der Waals surface area contributed by atoms with Crippen LogP contribution in [-0.2, 0) is 19.2 Å². The van der Waals surface area contributed by atoms with E-state index in [1.165, 1.54) is 0 Å². The number of imide groups is 2. The minimum atomic E-state index is -1.01. The van der Waals surface area contributed by atoms with Gasteiger partial charge in [0, 0.05) is 24.0 Å². The standard InChI is InChI=1S/C19H22N2O6/c1-13-14(6-5-7-16(13)27-11-4-2-3-10-22)19(26)21(12-23)15-8-9-17(24)20-18(15)25/h5-7,10,12,15H,2-4,8-9,11H2,1H3,(H,20,24,25). The van der Waals surface area contributed by atoms with Gasteiger partial charge in [0.05, 0.1) is 6.61 Å². The van der Waals surface area contributed by atoms with E-state index >= 15 is 0 Å². The van der Waals surface area contributed by atoms with Crippen LogP contribution in [0.3, 0.4) is 0 Å². The third-order valence-electron chi connectivity index (χ3n) is 4.38. The first kappa shape index (κ1) is 20.3. The van der Waals surface area contributed by atoms with E-state index in [9.17, 15) is 24.0 Å². The van der Waals surface area contributed by atoms with Gasteiger partial charge in [0.2, 0.25) is 18.2 Å². The van der Waals surface area contributed by atoms with Crippen molar-refractivity contribution >= 4 is 30.4 Å². The molecule has 1 N–H and O–H groups in total. The molecule has 2 rings (SSSR count). The zero-order valence-corrected chi connectivity index (χ0v) is 15.1. The number of rotatable bonds is 9. The van der Waals surface area contributed by atoms with Crippen LogP contribution in [0.15, 0.2) is 18.2 Å². The molecule has 0 spiro atoms. The Kier molecular flexibility index (Phi) is 7.22. The number of carbonyl (C=O) groups is 5. The Hall–Kier alpha value is -3.03. The van der Waals surface area contributed by atoms with E-state index in [4.69, 9.17) is 4.74 Å². The summed E-state index contributed by atoms with van der Waals surface area (Å²) in [6.45, 7) is 2.10. The van der Waals surface area contributed by atoms with Crippen molar-refractivity contribution in [3.05, 3.63) is 29.3 Å². The highest BCUT2D eigenvalue weighted by Gasteiger charge is 2.35. The third kappa shape index (κ3) is 4.99. The second-order valence-electron chi connectivity index (χ2n) is 6.22. The molecule has 1 heterocycles. The Labute approximate surface area is 156 Å². The molecule has 1 aromatic carbocycles. The molecule has 4 amide bonds. The molecule has 144 valence electrons. The summed E-state index contributed by atoms with van der Waals surface area (Å²) in [5, 5.41) is 2.14. The topological polar surface area (TPSA) is 110 Å². The molecule has 1 atom stereocenters. The monoisotopic (exact) mass is 374 g/mol. The van der Waals surface area contributed by atoms with Crippen molar-refractivity contribution < 1.29 is 28.7 Å². The molecule has 0 bridgehead atoms. The number of nitrogens with zero attached hydrogens (tertiary/aromatic N) is 1. The number of hydrogen-bond donors (Lipinski definition) is 1. The maximum atomic E-state index is 12.8. The van der Waals surface area contributed by atoms with Crippen molar-refractivity contribution in [2.45, 2.75) is 45.1 Å². The first-order chi connectivity index (χ1) is 13.0. The molecule has 8 nitrogen and oxygen atoms in total. The Morgan fingerprint density at radius 1 is 1.30 bits per heavy atom. The number of hydrogen-bond acceptors (Lipinski definition) is 6. The van der Waals surface area contributed by atoms with Gasteiger partial charge >= 0.3 is 0 Å². The largest absolute Gasteiger partial charge is 0.493 e. The Morgan fingerprint density at radius 3 is 2.74 bits per heavy atom. The Bertz CT molecular complexity index is 746. The van der Waals surface area contributed by atoms with Crippen LogP contribution in [0.2, 0.25) is 0 Å². The first-order valence-corrected chi connectivity index (χ1v) is 8.77. The van der Waals surface area contributed by atoms with Gasteiger partial charge in [-0.15, -0.1) is 0 Å². The average Bonchev–Trinajstić information content (AvgIpc) is 2.65. The molecule has 0 radical (unpaired) electrons. The van der Waals surface area contributed by atoms with E-state index in [0.29, 0.717) is 37.2 Å². The maximum absolute atomic E-state index is 12.8. The SMILES string of the molecule is Cc1c(OCCCCC=O)cccc1C(=O)N(C=O)C1CCC(=O)NC1=O. The summed E-state index contributed by atoms with van der Waals surface area (Å²) in [7, 11) is 0. The zero-order valence-electron chi connectivity index (χ0n) is 15.1. The number of piperidine rings is 1. The minimum Gasteiger partial charge on any atom is -0.493 e. The first-order valence-electron chi connectivity index (χ1n) is 8.77. The number of amides is 4. The van der Waals surface area contributed by atoms with Crippen LogP contribution in [0.4, 0.5) is 0 Å². The molecule has 8 heteroatoms. The van der Waals surface area contributed by atoms with Crippen molar-refractivity contribution in [1.82, 2.24) is 10.2 Å². The summed E-state index contributed by atoms with van der Waals surface area (Å²) >= 11 is 0. The number of carbonyl (C=O) groups excluding carboxylic acids is 5. The lowest BCUT2D eigenvalue weighted by atomic mass is 10.0. The fourth-order valence-corrected chi connectivity index (χ4v) is 2.86. The van der Waals surface area contributed by atoms with Crippen molar-refractivity contribution in [2.75, 3.05) is 6.61 Å². The Balaban J connectivity index is 2.13. The molecule has 1 unspecified atom stereocenters. The number of unbranched alkanes of at least 4 members (excludes halogenated alkanes) is 2. The summed E-state index contributed by atoms with van der Waals surface area (Å²) in [4.78, 5) is 58.7. The predicted molar refractivity (Wildman–Crippen MR) is 95.0 cm³/mol. The summed E-state index contributed by atoms with van der Waals surface area (Å²) in [6, 6.07) is 3.89. The average molecular weight is 374 g/mol. The molecule has 1 aliphatic heterocycles. The van der Waals surface area contributed by atoms with Crippen molar-refractivity contribution in [3.63, 3.8) is 0 Å².